The third-order valence-electron chi connectivity index (χ3n) is 5.26. The maximum atomic E-state index is 13.3. The molecule has 0 aliphatic carbocycles. The number of rotatable bonds is 8. The van der Waals surface area contributed by atoms with E-state index in [9.17, 15) is 4.79 Å². The zero-order chi connectivity index (χ0) is 21.1. The molecule has 29 heavy (non-hydrogen) atoms. The SMILES string of the molecule is Cc1noc(C)c1CSc1nc2ccccc2c(=O)n1CCN(C(C)C)C(C)C. The van der Waals surface area contributed by atoms with Crippen molar-refractivity contribution in [2.24, 2.45) is 0 Å². The van der Waals surface area contributed by atoms with E-state index in [-0.39, 0.29) is 5.56 Å². The zero-order valence-electron chi connectivity index (χ0n) is 18.1. The molecule has 0 fully saturated rings. The Labute approximate surface area is 176 Å². The molecule has 6 nitrogen and oxygen atoms in total. The molecule has 3 rings (SSSR count). The zero-order valence-corrected chi connectivity index (χ0v) is 18.9. The molecule has 2 heterocycles. The number of aryl methyl sites for hydroxylation is 2. The highest BCUT2D eigenvalue weighted by Crippen LogP contribution is 2.25. The minimum atomic E-state index is 0.0179. The van der Waals surface area contributed by atoms with Crippen molar-refractivity contribution >= 4 is 22.7 Å². The van der Waals surface area contributed by atoms with Gasteiger partial charge >= 0.3 is 0 Å². The first kappa shape index (κ1) is 21.6. The van der Waals surface area contributed by atoms with E-state index in [0.717, 1.165) is 34.2 Å². The lowest BCUT2D eigenvalue weighted by Crippen LogP contribution is -2.40. The van der Waals surface area contributed by atoms with Gasteiger partial charge in [0.05, 0.1) is 16.6 Å². The predicted octanol–water partition coefficient (Wildman–Crippen LogP) is 4.41. The maximum absolute atomic E-state index is 13.3. The monoisotopic (exact) mass is 414 g/mol. The lowest BCUT2D eigenvalue weighted by molar-refractivity contribution is 0.166. The van der Waals surface area contributed by atoms with Crippen LogP contribution in [0.5, 0.6) is 0 Å². The number of hydrogen-bond donors (Lipinski definition) is 0. The first-order chi connectivity index (χ1) is 13.8. The minimum Gasteiger partial charge on any atom is -0.361 e. The van der Waals surface area contributed by atoms with E-state index in [1.807, 2.05) is 42.7 Å². The fraction of sp³-hybridized carbons (Fsp3) is 0.500. The first-order valence-corrected chi connectivity index (χ1v) is 11.1. The van der Waals surface area contributed by atoms with Gasteiger partial charge in [-0.1, -0.05) is 29.1 Å². The molecule has 0 saturated carbocycles. The van der Waals surface area contributed by atoms with Gasteiger partial charge in [-0.25, -0.2) is 4.98 Å². The topological polar surface area (TPSA) is 64.2 Å². The van der Waals surface area contributed by atoms with Crippen molar-refractivity contribution in [3.8, 4) is 0 Å². The van der Waals surface area contributed by atoms with Crippen molar-refractivity contribution in [1.82, 2.24) is 19.6 Å². The number of thioether (sulfide) groups is 1. The molecular weight excluding hydrogens is 384 g/mol. The largest absolute Gasteiger partial charge is 0.361 e. The summed E-state index contributed by atoms with van der Waals surface area (Å²) in [6, 6.07) is 8.39. The van der Waals surface area contributed by atoms with Crippen LogP contribution < -0.4 is 5.56 Å². The van der Waals surface area contributed by atoms with Crippen molar-refractivity contribution < 1.29 is 4.52 Å². The molecule has 0 bridgehead atoms. The molecule has 3 aromatic rings. The van der Waals surface area contributed by atoms with Gasteiger partial charge in [0.1, 0.15) is 5.76 Å². The Hall–Kier alpha value is -2.12. The molecule has 0 aliphatic rings. The molecule has 0 aliphatic heterocycles. The molecule has 0 N–H and O–H groups in total. The molecule has 0 spiro atoms. The lowest BCUT2D eigenvalue weighted by atomic mass is 10.2. The molecular formula is C22H30N4O2S. The van der Waals surface area contributed by atoms with Gasteiger partial charge in [-0.2, -0.15) is 0 Å². The summed E-state index contributed by atoms with van der Waals surface area (Å²) in [5.41, 5.74) is 2.70. The number of fused-ring (bicyclic) bond motifs is 1. The second-order valence-electron chi connectivity index (χ2n) is 7.89. The van der Waals surface area contributed by atoms with Gasteiger partial charge in [-0.15, -0.1) is 0 Å². The predicted molar refractivity (Wildman–Crippen MR) is 119 cm³/mol. The van der Waals surface area contributed by atoms with Gasteiger partial charge < -0.3 is 4.52 Å². The van der Waals surface area contributed by atoms with E-state index in [2.05, 4.69) is 37.8 Å². The summed E-state index contributed by atoms with van der Waals surface area (Å²) in [7, 11) is 0. The molecule has 2 aromatic heterocycles. The quantitative estimate of drug-likeness (QED) is 0.402. The number of para-hydroxylation sites is 1. The van der Waals surface area contributed by atoms with Crippen LogP contribution in [0.2, 0.25) is 0 Å². The third-order valence-corrected chi connectivity index (χ3v) is 6.26. The normalized spacial score (nSPS) is 12.0. The smallest absolute Gasteiger partial charge is 0.262 e. The van der Waals surface area contributed by atoms with Gasteiger partial charge in [-0.3, -0.25) is 14.3 Å². The van der Waals surface area contributed by atoms with E-state index < -0.39 is 0 Å². The number of aromatic nitrogens is 3. The van der Waals surface area contributed by atoms with Crippen LogP contribution in [0.4, 0.5) is 0 Å². The van der Waals surface area contributed by atoms with Gasteiger partial charge in [0.2, 0.25) is 0 Å². The van der Waals surface area contributed by atoms with Crippen molar-refractivity contribution in [1.29, 1.82) is 0 Å². The highest BCUT2D eigenvalue weighted by Gasteiger charge is 2.18. The number of nitrogens with zero attached hydrogens (tertiary/aromatic N) is 4. The molecule has 156 valence electrons. The Balaban J connectivity index is 1.96. The van der Waals surface area contributed by atoms with Gasteiger partial charge in [0.25, 0.3) is 5.56 Å². The lowest BCUT2D eigenvalue weighted by Gasteiger charge is -2.30. The molecule has 7 heteroatoms. The van der Waals surface area contributed by atoms with Crippen LogP contribution in [-0.4, -0.2) is 38.2 Å². The van der Waals surface area contributed by atoms with Crippen LogP contribution >= 0.6 is 11.8 Å². The fourth-order valence-electron chi connectivity index (χ4n) is 3.63. The molecule has 0 amide bonds. The Morgan fingerprint density at radius 2 is 1.83 bits per heavy atom. The van der Waals surface area contributed by atoms with Gasteiger partial charge in [-0.05, 0) is 53.7 Å². The highest BCUT2D eigenvalue weighted by atomic mass is 32.2. The second kappa shape index (κ2) is 9.13. The Morgan fingerprint density at radius 3 is 2.45 bits per heavy atom. The first-order valence-electron chi connectivity index (χ1n) is 10.1. The van der Waals surface area contributed by atoms with Crippen molar-refractivity contribution in [3.05, 3.63) is 51.6 Å². The van der Waals surface area contributed by atoms with Crippen molar-refractivity contribution in [3.63, 3.8) is 0 Å². The molecule has 1 aromatic carbocycles. The fourth-order valence-corrected chi connectivity index (χ4v) is 4.81. The molecule has 0 radical (unpaired) electrons. The Morgan fingerprint density at radius 1 is 1.14 bits per heavy atom. The highest BCUT2D eigenvalue weighted by molar-refractivity contribution is 7.98. The maximum Gasteiger partial charge on any atom is 0.262 e. The Kier molecular flexibility index (Phi) is 6.80. The van der Waals surface area contributed by atoms with Crippen LogP contribution in [0.1, 0.15) is 44.7 Å². The van der Waals surface area contributed by atoms with Crippen LogP contribution in [0, 0.1) is 13.8 Å². The molecule has 0 saturated heterocycles. The molecule has 0 atom stereocenters. The average molecular weight is 415 g/mol. The second-order valence-corrected chi connectivity index (χ2v) is 8.83. The molecule has 0 unspecified atom stereocenters. The van der Waals surface area contributed by atoms with E-state index in [0.29, 0.717) is 29.8 Å². The Bertz CT molecular complexity index is 1010. The summed E-state index contributed by atoms with van der Waals surface area (Å²) < 4.78 is 7.10. The summed E-state index contributed by atoms with van der Waals surface area (Å²) in [4.78, 5) is 20.5. The van der Waals surface area contributed by atoms with E-state index in [1.54, 1.807) is 11.8 Å². The van der Waals surface area contributed by atoms with E-state index in [1.165, 1.54) is 0 Å². The number of hydrogen-bond acceptors (Lipinski definition) is 6. The summed E-state index contributed by atoms with van der Waals surface area (Å²) in [5, 5.41) is 5.43. The van der Waals surface area contributed by atoms with Crippen LogP contribution in [-0.2, 0) is 12.3 Å². The minimum absolute atomic E-state index is 0.0179. The van der Waals surface area contributed by atoms with Crippen molar-refractivity contribution in [2.75, 3.05) is 6.54 Å². The number of benzene rings is 1. The van der Waals surface area contributed by atoms with Gasteiger partial charge in [0.15, 0.2) is 5.16 Å². The summed E-state index contributed by atoms with van der Waals surface area (Å²) in [5.74, 6) is 1.49. The van der Waals surface area contributed by atoms with E-state index in [4.69, 9.17) is 9.51 Å². The van der Waals surface area contributed by atoms with Crippen LogP contribution in [0.3, 0.4) is 0 Å². The van der Waals surface area contributed by atoms with Crippen molar-refractivity contribution in [2.45, 2.75) is 71.1 Å². The standard InChI is InChI=1S/C22H30N4O2S/c1-14(2)25(15(3)4)11-12-26-21(27)18-9-7-8-10-20(18)23-22(26)29-13-19-16(5)24-28-17(19)6/h7-10,14-15H,11-13H2,1-6H3. The third kappa shape index (κ3) is 4.73. The summed E-state index contributed by atoms with van der Waals surface area (Å²) >= 11 is 1.56. The average Bonchev–Trinajstić information content (AvgIpc) is 2.99. The summed E-state index contributed by atoms with van der Waals surface area (Å²) in [6.45, 7) is 14.0. The van der Waals surface area contributed by atoms with Gasteiger partial charge in [0, 0.05) is 36.5 Å². The van der Waals surface area contributed by atoms with E-state index >= 15 is 0 Å². The van der Waals surface area contributed by atoms with Crippen LogP contribution in [0.25, 0.3) is 10.9 Å². The summed E-state index contributed by atoms with van der Waals surface area (Å²) in [6.07, 6.45) is 0. The van der Waals surface area contributed by atoms with Crippen LogP contribution in [0.15, 0.2) is 38.7 Å².